The highest BCUT2D eigenvalue weighted by molar-refractivity contribution is 5.78. The van der Waals surface area contributed by atoms with E-state index in [0.717, 1.165) is 17.9 Å². The molecule has 0 spiro atoms. The first kappa shape index (κ1) is 20.6. The Balaban J connectivity index is 1.64. The van der Waals surface area contributed by atoms with Gasteiger partial charge in [-0.05, 0) is 55.8 Å². The van der Waals surface area contributed by atoms with Crippen molar-refractivity contribution in [3.63, 3.8) is 0 Å². The second kappa shape index (κ2) is 10.5. The van der Waals surface area contributed by atoms with Crippen LogP contribution in [0.2, 0.25) is 0 Å². The van der Waals surface area contributed by atoms with E-state index in [1.807, 2.05) is 19.1 Å². The summed E-state index contributed by atoms with van der Waals surface area (Å²) in [5.74, 6) is -0.537. The summed E-state index contributed by atoms with van der Waals surface area (Å²) in [6.07, 6.45) is 0. The number of rotatable bonds is 10. The average Bonchev–Trinajstić information content (AvgIpc) is 2.67. The molecule has 2 N–H and O–H groups in total. The zero-order valence-corrected chi connectivity index (χ0v) is 15.4. The highest BCUT2D eigenvalue weighted by atomic mass is 19.2. The van der Waals surface area contributed by atoms with Gasteiger partial charge in [0.1, 0.15) is 18.1 Å². The number of carbonyl (C=O) groups is 1. The first-order valence-electron chi connectivity index (χ1n) is 8.80. The zero-order chi connectivity index (χ0) is 19.6. The number of benzene rings is 2. The van der Waals surface area contributed by atoms with E-state index in [9.17, 15) is 13.6 Å². The van der Waals surface area contributed by atoms with Crippen molar-refractivity contribution in [2.24, 2.45) is 0 Å². The maximum Gasteiger partial charge on any atom is 0.234 e. The predicted molar refractivity (Wildman–Crippen MR) is 98.9 cm³/mol. The van der Waals surface area contributed by atoms with Crippen LogP contribution in [-0.2, 0) is 4.79 Å². The van der Waals surface area contributed by atoms with Crippen LogP contribution in [0.5, 0.6) is 11.5 Å². The molecule has 2 aromatic rings. The Bertz CT molecular complexity index is 739. The van der Waals surface area contributed by atoms with Crippen LogP contribution in [0.15, 0.2) is 42.5 Å². The normalized spacial score (nSPS) is 11.7. The largest absolute Gasteiger partial charge is 0.494 e. The van der Waals surface area contributed by atoms with Crippen LogP contribution in [0.4, 0.5) is 8.78 Å². The van der Waals surface area contributed by atoms with Crippen molar-refractivity contribution in [1.29, 1.82) is 0 Å². The smallest absolute Gasteiger partial charge is 0.234 e. The van der Waals surface area contributed by atoms with Crippen molar-refractivity contribution in [1.82, 2.24) is 10.6 Å². The lowest BCUT2D eigenvalue weighted by molar-refractivity contribution is -0.120. The Labute approximate surface area is 157 Å². The van der Waals surface area contributed by atoms with E-state index in [2.05, 4.69) is 10.6 Å². The molecule has 2 aromatic carbocycles. The number of hydrogen-bond donors (Lipinski definition) is 2. The fourth-order valence-corrected chi connectivity index (χ4v) is 2.37. The Morgan fingerprint density at radius 2 is 1.70 bits per heavy atom. The van der Waals surface area contributed by atoms with Gasteiger partial charge in [0.2, 0.25) is 5.91 Å². The number of ether oxygens (including phenoxy) is 2. The Morgan fingerprint density at radius 3 is 2.33 bits per heavy atom. The topological polar surface area (TPSA) is 59.6 Å². The quantitative estimate of drug-likeness (QED) is 0.624. The molecule has 0 aromatic heterocycles. The van der Waals surface area contributed by atoms with Crippen molar-refractivity contribution in [3.8, 4) is 11.5 Å². The molecule has 146 valence electrons. The van der Waals surface area contributed by atoms with Gasteiger partial charge in [-0.15, -0.1) is 0 Å². The van der Waals surface area contributed by atoms with E-state index in [0.29, 0.717) is 31.1 Å². The molecule has 0 radical (unpaired) electrons. The molecular weight excluding hydrogens is 354 g/mol. The number of hydrogen-bond acceptors (Lipinski definition) is 4. The number of halogens is 2. The van der Waals surface area contributed by atoms with Crippen molar-refractivity contribution in [2.45, 2.75) is 19.9 Å². The van der Waals surface area contributed by atoms with Gasteiger partial charge < -0.3 is 20.1 Å². The molecule has 0 saturated carbocycles. The van der Waals surface area contributed by atoms with E-state index in [-0.39, 0.29) is 18.5 Å². The first-order chi connectivity index (χ1) is 13.0. The molecule has 1 atom stereocenters. The summed E-state index contributed by atoms with van der Waals surface area (Å²) < 4.78 is 37.1. The second-order valence-corrected chi connectivity index (χ2v) is 5.88. The third-order valence-corrected chi connectivity index (χ3v) is 3.84. The lowest BCUT2D eigenvalue weighted by atomic mass is 10.1. The number of amides is 1. The third-order valence-electron chi connectivity index (χ3n) is 3.84. The molecule has 5 nitrogen and oxygen atoms in total. The van der Waals surface area contributed by atoms with Crippen LogP contribution >= 0.6 is 0 Å². The molecule has 2 rings (SSSR count). The summed E-state index contributed by atoms with van der Waals surface area (Å²) in [7, 11) is 0. The molecule has 0 fully saturated rings. The maximum absolute atomic E-state index is 13.2. The summed E-state index contributed by atoms with van der Waals surface area (Å²) >= 11 is 0. The van der Waals surface area contributed by atoms with Gasteiger partial charge in [0.05, 0.1) is 19.7 Å². The monoisotopic (exact) mass is 378 g/mol. The van der Waals surface area contributed by atoms with Crippen LogP contribution in [0.3, 0.4) is 0 Å². The summed E-state index contributed by atoms with van der Waals surface area (Å²) in [5, 5.41) is 5.69. The summed E-state index contributed by atoms with van der Waals surface area (Å²) in [4.78, 5) is 11.8. The average molecular weight is 378 g/mol. The minimum atomic E-state index is -0.906. The number of carbonyl (C=O) groups excluding carboxylic acids is 1. The highest BCUT2D eigenvalue weighted by Gasteiger charge is 2.10. The third kappa shape index (κ3) is 6.86. The molecule has 0 heterocycles. The summed E-state index contributed by atoms with van der Waals surface area (Å²) in [6.45, 7) is 5.04. The SMILES string of the molecule is CCOc1ccc(OCCNC(=O)CN[C@@H](C)c2ccc(F)c(F)c2)cc1. The van der Waals surface area contributed by atoms with Gasteiger partial charge in [0, 0.05) is 6.04 Å². The molecule has 0 aliphatic heterocycles. The van der Waals surface area contributed by atoms with Crippen molar-refractivity contribution in [3.05, 3.63) is 59.7 Å². The van der Waals surface area contributed by atoms with E-state index in [1.54, 1.807) is 19.1 Å². The minimum absolute atomic E-state index is 0.0587. The predicted octanol–water partition coefficient (Wildman–Crippen LogP) is 3.21. The van der Waals surface area contributed by atoms with Gasteiger partial charge >= 0.3 is 0 Å². The van der Waals surface area contributed by atoms with E-state index < -0.39 is 11.6 Å². The minimum Gasteiger partial charge on any atom is -0.494 e. The fourth-order valence-electron chi connectivity index (χ4n) is 2.37. The van der Waals surface area contributed by atoms with Crippen LogP contribution in [0.25, 0.3) is 0 Å². The molecule has 0 unspecified atom stereocenters. The Kier molecular flexibility index (Phi) is 8.00. The van der Waals surface area contributed by atoms with E-state index >= 15 is 0 Å². The summed E-state index contributed by atoms with van der Waals surface area (Å²) in [6, 6.07) is 10.6. The number of nitrogens with one attached hydrogen (secondary N) is 2. The second-order valence-electron chi connectivity index (χ2n) is 5.88. The van der Waals surface area contributed by atoms with Crippen molar-refractivity contribution < 1.29 is 23.0 Å². The van der Waals surface area contributed by atoms with Crippen molar-refractivity contribution >= 4 is 5.91 Å². The molecule has 0 bridgehead atoms. The molecule has 1 amide bonds. The summed E-state index contributed by atoms with van der Waals surface area (Å²) in [5.41, 5.74) is 0.570. The van der Waals surface area contributed by atoms with Crippen LogP contribution in [-0.4, -0.2) is 32.2 Å². The van der Waals surface area contributed by atoms with Gasteiger partial charge in [-0.25, -0.2) is 8.78 Å². The zero-order valence-electron chi connectivity index (χ0n) is 15.4. The van der Waals surface area contributed by atoms with Crippen LogP contribution in [0, 0.1) is 11.6 Å². The van der Waals surface area contributed by atoms with Crippen molar-refractivity contribution in [2.75, 3.05) is 26.3 Å². The Morgan fingerprint density at radius 1 is 1.04 bits per heavy atom. The molecule has 0 saturated heterocycles. The van der Waals surface area contributed by atoms with Crippen LogP contribution in [0.1, 0.15) is 25.5 Å². The lowest BCUT2D eigenvalue weighted by Gasteiger charge is -2.14. The van der Waals surface area contributed by atoms with Gasteiger partial charge in [-0.1, -0.05) is 6.07 Å². The lowest BCUT2D eigenvalue weighted by Crippen LogP contribution is -2.37. The standard InChI is InChI=1S/C20H24F2N2O3/c1-3-26-16-5-7-17(8-6-16)27-11-10-23-20(25)13-24-14(2)15-4-9-18(21)19(22)12-15/h4-9,12,14,24H,3,10-11,13H2,1-2H3,(H,23,25)/t14-/m0/s1. The van der Waals surface area contributed by atoms with E-state index in [1.165, 1.54) is 6.07 Å². The molecule has 0 aliphatic carbocycles. The molecular formula is C20H24F2N2O3. The van der Waals surface area contributed by atoms with E-state index in [4.69, 9.17) is 9.47 Å². The first-order valence-corrected chi connectivity index (χ1v) is 8.80. The maximum atomic E-state index is 13.2. The Hall–Kier alpha value is -2.67. The molecule has 0 aliphatic rings. The van der Waals surface area contributed by atoms with Gasteiger partial charge in [0.15, 0.2) is 11.6 Å². The van der Waals surface area contributed by atoms with Crippen LogP contribution < -0.4 is 20.1 Å². The molecule has 7 heteroatoms. The van der Waals surface area contributed by atoms with Gasteiger partial charge in [0.25, 0.3) is 0 Å². The van der Waals surface area contributed by atoms with Gasteiger partial charge in [-0.2, -0.15) is 0 Å². The van der Waals surface area contributed by atoms with Gasteiger partial charge in [-0.3, -0.25) is 4.79 Å². The fraction of sp³-hybridized carbons (Fsp3) is 0.350. The molecule has 27 heavy (non-hydrogen) atoms. The highest BCUT2D eigenvalue weighted by Crippen LogP contribution is 2.17.